The maximum atomic E-state index is 4.43. The lowest BCUT2D eigenvalue weighted by Gasteiger charge is -2.07. The fraction of sp³-hybridized carbons (Fsp3) is 0.154. The van der Waals surface area contributed by atoms with E-state index in [4.69, 9.17) is 0 Å². The molecule has 3 heteroatoms. The predicted molar refractivity (Wildman–Crippen MR) is 70.4 cm³/mol. The van der Waals surface area contributed by atoms with Gasteiger partial charge in [-0.3, -0.25) is 0 Å². The molecule has 0 atom stereocenters. The van der Waals surface area contributed by atoms with Crippen LogP contribution < -0.4 is 5.32 Å². The minimum absolute atomic E-state index is 0.801. The van der Waals surface area contributed by atoms with Crippen LogP contribution in [0.1, 0.15) is 11.3 Å². The molecule has 16 heavy (non-hydrogen) atoms. The maximum absolute atomic E-state index is 4.43. The molecule has 0 aliphatic carbocycles. The molecule has 2 rings (SSSR count). The summed E-state index contributed by atoms with van der Waals surface area (Å²) in [7, 11) is 0. The Labute approximate surface area is 104 Å². The third-order valence-electron chi connectivity index (χ3n) is 2.34. The zero-order valence-electron chi connectivity index (χ0n) is 9.07. The molecular formula is C13H13BrN2. The summed E-state index contributed by atoms with van der Waals surface area (Å²) >= 11 is 3.44. The number of benzene rings is 1. The standard InChI is InChI=1S/C13H13BrN2/c1-10-12(14)7-8-13(16-10)15-9-11-5-3-2-4-6-11/h2-8H,9H2,1H3,(H,15,16). The van der Waals surface area contributed by atoms with E-state index in [2.05, 4.69) is 38.4 Å². The lowest BCUT2D eigenvalue weighted by atomic mass is 10.2. The molecule has 0 unspecified atom stereocenters. The zero-order chi connectivity index (χ0) is 11.4. The molecule has 0 saturated heterocycles. The highest BCUT2D eigenvalue weighted by Crippen LogP contribution is 2.16. The molecule has 0 aliphatic heterocycles. The molecule has 0 radical (unpaired) electrons. The van der Waals surface area contributed by atoms with Crippen molar-refractivity contribution in [3.05, 3.63) is 58.2 Å². The summed E-state index contributed by atoms with van der Waals surface area (Å²) in [5.74, 6) is 0.907. The average Bonchev–Trinajstić information content (AvgIpc) is 2.32. The van der Waals surface area contributed by atoms with Crippen molar-refractivity contribution in [1.82, 2.24) is 4.98 Å². The van der Waals surface area contributed by atoms with Gasteiger partial charge in [-0.25, -0.2) is 4.98 Å². The number of aryl methyl sites for hydroxylation is 1. The summed E-state index contributed by atoms with van der Waals surface area (Å²) in [6.45, 7) is 2.78. The summed E-state index contributed by atoms with van der Waals surface area (Å²) in [5.41, 5.74) is 2.25. The Hall–Kier alpha value is -1.35. The largest absolute Gasteiger partial charge is 0.366 e. The molecule has 0 fully saturated rings. The summed E-state index contributed by atoms with van der Waals surface area (Å²) in [6, 6.07) is 14.3. The second-order valence-electron chi connectivity index (χ2n) is 3.60. The molecule has 1 aromatic heterocycles. The fourth-order valence-corrected chi connectivity index (χ4v) is 1.65. The zero-order valence-corrected chi connectivity index (χ0v) is 10.7. The van der Waals surface area contributed by atoms with Crippen LogP contribution in [-0.4, -0.2) is 4.98 Å². The fourth-order valence-electron chi connectivity index (χ4n) is 1.43. The van der Waals surface area contributed by atoms with E-state index in [9.17, 15) is 0 Å². The Bertz CT molecular complexity index is 469. The van der Waals surface area contributed by atoms with Crippen molar-refractivity contribution in [3.63, 3.8) is 0 Å². The predicted octanol–water partition coefficient (Wildman–Crippen LogP) is 3.76. The van der Waals surface area contributed by atoms with Gasteiger partial charge in [-0.15, -0.1) is 0 Å². The van der Waals surface area contributed by atoms with Gasteiger partial charge in [-0.05, 0) is 40.5 Å². The molecule has 1 aromatic carbocycles. The highest BCUT2D eigenvalue weighted by molar-refractivity contribution is 9.10. The summed E-state index contributed by atoms with van der Waals surface area (Å²) < 4.78 is 1.04. The van der Waals surface area contributed by atoms with E-state index in [0.29, 0.717) is 0 Å². The van der Waals surface area contributed by atoms with Crippen molar-refractivity contribution in [3.8, 4) is 0 Å². The number of anilines is 1. The van der Waals surface area contributed by atoms with E-state index >= 15 is 0 Å². The quantitative estimate of drug-likeness (QED) is 0.923. The smallest absolute Gasteiger partial charge is 0.126 e. The van der Waals surface area contributed by atoms with Gasteiger partial charge in [-0.2, -0.15) is 0 Å². The topological polar surface area (TPSA) is 24.9 Å². The number of hydrogen-bond acceptors (Lipinski definition) is 2. The van der Waals surface area contributed by atoms with Crippen LogP contribution in [-0.2, 0) is 6.54 Å². The van der Waals surface area contributed by atoms with Crippen molar-refractivity contribution in [2.45, 2.75) is 13.5 Å². The molecule has 0 spiro atoms. The lowest BCUT2D eigenvalue weighted by molar-refractivity contribution is 1.08. The maximum Gasteiger partial charge on any atom is 0.126 e. The number of rotatable bonds is 3. The molecule has 2 nitrogen and oxygen atoms in total. The first-order valence-electron chi connectivity index (χ1n) is 5.16. The van der Waals surface area contributed by atoms with Crippen molar-refractivity contribution in [1.29, 1.82) is 0 Å². The first-order chi connectivity index (χ1) is 7.75. The van der Waals surface area contributed by atoms with Gasteiger partial charge in [0.25, 0.3) is 0 Å². The summed E-state index contributed by atoms with van der Waals surface area (Å²) in [5, 5.41) is 3.30. The Morgan fingerprint density at radius 3 is 2.56 bits per heavy atom. The molecule has 0 aliphatic rings. The van der Waals surface area contributed by atoms with Gasteiger partial charge in [0.05, 0.1) is 5.69 Å². The number of hydrogen-bond donors (Lipinski definition) is 1. The number of nitrogens with one attached hydrogen (secondary N) is 1. The van der Waals surface area contributed by atoms with Crippen molar-refractivity contribution < 1.29 is 0 Å². The highest BCUT2D eigenvalue weighted by atomic mass is 79.9. The monoisotopic (exact) mass is 276 g/mol. The Morgan fingerprint density at radius 2 is 1.88 bits per heavy atom. The van der Waals surface area contributed by atoms with Gasteiger partial charge in [0.15, 0.2) is 0 Å². The number of aromatic nitrogens is 1. The number of pyridine rings is 1. The summed E-state index contributed by atoms with van der Waals surface area (Å²) in [4.78, 5) is 4.43. The van der Waals surface area contributed by atoms with Crippen LogP contribution in [0.2, 0.25) is 0 Å². The Balaban J connectivity index is 2.03. The van der Waals surface area contributed by atoms with Crippen LogP contribution in [0.15, 0.2) is 46.9 Å². The summed E-state index contributed by atoms with van der Waals surface area (Å²) in [6.07, 6.45) is 0. The van der Waals surface area contributed by atoms with Gasteiger partial charge < -0.3 is 5.32 Å². The van der Waals surface area contributed by atoms with Gasteiger partial charge in [-0.1, -0.05) is 30.3 Å². The van der Waals surface area contributed by atoms with Gasteiger partial charge in [0.1, 0.15) is 5.82 Å². The van der Waals surface area contributed by atoms with Crippen LogP contribution >= 0.6 is 15.9 Å². The molecule has 82 valence electrons. The van der Waals surface area contributed by atoms with Crippen LogP contribution in [0.5, 0.6) is 0 Å². The molecule has 0 bridgehead atoms. The SMILES string of the molecule is Cc1nc(NCc2ccccc2)ccc1Br. The van der Waals surface area contributed by atoms with Gasteiger partial charge in [0, 0.05) is 11.0 Å². The van der Waals surface area contributed by atoms with Gasteiger partial charge in [0.2, 0.25) is 0 Å². The minimum Gasteiger partial charge on any atom is -0.366 e. The van der Waals surface area contributed by atoms with Crippen molar-refractivity contribution in [2.24, 2.45) is 0 Å². The first kappa shape index (κ1) is 11.1. The van der Waals surface area contributed by atoms with Crippen LogP contribution in [0, 0.1) is 6.92 Å². The third kappa shape index (κ3) is 2.83. The molecule has 1 N–H and O–H groups in total. The first-order valence-corrected chi connectivity index (χ1v) is 5.96. The van der Waals surface area contributed by atoms with E-state index in [1.807, 2.05) is 37.3 Å². The molecule has 0 saturated carbocycles. The van der Waals surface area contributed by atoms with E-state index in [-0.39, 0.29) is 0 Å². The van der Waals surface area contributed by atoms with Crippen LogP contribution in [0.4, 0.5) is 5.82 Å². The highest BCUT2D eigenvalue weighted by Gasteiger charge is 1.98. The second kappa shape index (κ2) is 5.12. The normalized spacial score (nSPS) is 10.1. The van der Waals surface area contributed by atoms with E-state index in [1.165, 1.54) is 5.56 Å². The van der Waals surface area contributed by atoms with Crippen LogP contribution in [0.3, 0.4) is 0 Å². The molecule has 1 heterocycles. The molecular weight excluding hydrogens is 264 g/mol. The second-order valence-corrected chi connectivity index (χ2v) is 4.46. The number of nitrogens with zero attached hydrogens (tertiary/aromatic N) is 1. The Kier molecular flexibility index (Phi) is 3.57. The van der Waals surface area contributed by atoms with E-state index in [0.717, 1.165) is 22.5 Å². The minimum atomic E-state index is 0.801. The van der Waals surface area contributed by atoms with E-state index in [1.54, 1.807) is 0 Å². The van der Waals surface area contributed by atoms with Gasteiger partial charge >= 0.3 is 0 Å². The molecule has 0 amide bonds. The third-order valence-corrected chi connectivity index (χ3v) is 3.18. The molecule has 2 aromatic rings. The lowest BCUT2D eigenvalue weighted by Crippen LogP contribution is -2.01. The van der Waals surface area contributed by atoms with Crippen molar-refractivity contribution >= 4 is 21.7 Å². The van der Waals surface area contributed by atoms with Crippen molar-refractivity contribution in [2.75, 3.05) is 5.32 Å². The van der Waals surface area contributed by atoms with E-state index < -0.39 is 0 Å². The number of halogens is 1. The average molecular weight is 277 g/mol. The Morgan fingerprint density at radius 1 is 1.12 bits per heavy atom. The van der Waals surface area contributed by atoms with Crippen LogP contribution in [0.25, 0.3) is 0 Å².